The highest BCUT2D eigenvalue weighted by Gasteiger charge is 2.13. The van der Waals surface area contributed by atoms with Gasteiger partial charge in [0.25, 0.3) is 0 Å². The summed E-state index contributed by atoms with van der Waals surface area (Å²) in [5.74, 6) is 0. The van der Waals surface area contributed by atoms with Crippen LogP contribution in [-0.4, -0.2) is 11.3 Å². The molecule has 2 rings (SSSR count). The number of hydrogen-bond donors (Lipinski definition) is 1. The molecule has 17 heavy (non-hydrogen) atoms. The molecular formula is C15H17NO. The van der Waals surface area contributed by atoms with Gasteiger partial charge >= 0.3 is 0 Å². The molecule has 0 fully saturated rings. The van der Waals surface area contributed by atoms with Gasteiger partial charge in [-0.1, -0.05) is 45.0 Å². The fourth-order valence-electron chi connectivity index (χ4n) is 1.80. The molecule has 2 nitrogen and oxygen atoms in total. The number of aromatic nitrogens is 1. The van der Waals surface area contributed by atoms with E-state index in [1.54, 1.807) is 6.07 Å². The Bertz CT molecular complexity index is 515. The van der Waals surface area contributed by atoms with Crippen molar-refractivity contribution in [3.63, 3.8) is 0 Å². The molecule has 2 heteroatoms. The molecule has 0 saturated carbocycles. The number of carbonyl (C=O) groups excluding carboxylic acids is 1. The topological polar surface area (TPSA) is 32.9 Å². The van der Waals surface area contributed by atoms with Crippen LogP contribution in [0.15, 0.2) is 36.4 Å². The first-order chi connectivity index (χ1) is 8.00. The fourth-order valence-corrected chi connectivity index (χ4v) is 1.80. The third-order valence-corrected chi connectivity index (χ3v) is 2.90. The predicted octanol–water partition coefficient (Wildman–Crippen LogP) is 3.79. The molecule has 0 amide bonds. The summed E-state index contributed by atoms with van der Waals surface area (Å²) < 4.78 is 0. The second kappa shape index (κ2) is 4.21. The van der Waals surface area contributed by atoms with Crippen LogP contribution < -0.4 is 0 Å². The van der Waals surface area contributed by atoms with Gasteiger partial charge in [0, 0.05) is 5.69 Å². The van der Waals surface area contributed by atoms with Crippen molar-refractivity contribution in [3.8, 4) is 11.3 Å². The van der Waals surface area contributed by atoms with Crippen LogP contribution in [0.25, 0.3) is 11.3 Å². The van der Waals surface area contributed by atoms with Crippen LogP contribution in [0, 0.1) is 0 Å². The minimum absolute atomic E-state index is 0.169. The number of hydrogen-bond acceptors (Lipinski definition) is 1. The van der Waals surface area contributed by atoms with Crippen molar-refractivity contribution in [1.82, 2.24) is 4.98 Å². The zero-order chi connectivity index (χ0) is 12.5. The van der Waals surface area contributed by atoms with Crippen molar-refractivity contribution in [2.75, 3.05) is 0 Å². The van der Waals surface area contributed by atoms with Crippen molar-refractivity contribution in [1.29, 1.82) is 0 Å². The number of nitrogens with one attached hydrogen (secondary N) is 1. The lowest BCUT2D eigenvalue weighted by atomic mass is 9.86. The summed E-state index contributed by atoms with van der Waals surface area (Å²) in [5.41, 5.74) is 4.17. The Kier molecular flexibility index (Phi) is 2.88. The number of carbonyl (C=O) groups is 1. The van der Waals surface area contributed by atoms with E-state index in [1.807, 2.05) is 6.07 Å². The van der Waals surface area contributed by atoms with Gasteiger partial charge < -0.3 is 4.98 Å². The van der Waals surface area contributed by atoms with E-state index < -0.39 is 0 Å². The maximum Gasteiger partial charge on any atom is 0.166 e. The van der Waals surface area contributed by atoms with Gasteiger partial charge in [0.1, 0.15) is 0 Å². The predicted molar refractivity (Wildman–Crippen MR) is 70.3 cm³/mol. The van der Waals surface area contributed by atoms with Crippen LogP contribution in [-0.2, 0) is 5.41 Å². The summed E-state index contributed by atoms with van der Waals surface area (Å²) in [7, 11) is 0. The normalized spacial score (nSPS) is 11.5. The molecule has 1 aromatic carbocycles. The first kappa shape index (κ1) is 11.6. The zero-order valence-electron chi connectivity index (χ0n) is 10.4. The Labute approximate surface area is 102 Å². The van der Waals surface area contributed by atoms with Gasteiger partial charge in [0.2, 0.25) is 0 Å². The summed E-state index contributed by atoms with van der Waals surface area (Å²) in [6.07, 6.45) is 0.826. The summed E-state index contributed by atoms with van der Waals surface area (Å²) in [6, 6.07) is 12.2. The molecule has 88 valence electrons. The van der Waals surface area contributed by atoms with E-state index in [2.05, 4.69) is 50.0 Å². The lowest BCUT2D eigenvalue weighted by molar-refractivity contribution is 0.111. The van der Waals surface area contributed by atoms with Gasteiger partial charge in [-0.3, -0.25) is 4.79 Å². The molecule has 0 aliphatic heterocycles. The average molecular weight is 227 g/mol. The van der Waals surface area contributed by atoms with Gasteiger partial charge in [-0.15, -0.1) is 0 Å². The number of aldehydes is 1. The van der Waals surface area contributed by atoms with Crippen molar-refractivity contribution in [3.05, 3.63) is 47.7 Å². The summed E-state index contributed by atoms with van der Waals surface area (Å²) >= 11 is 0. The standard InChI is InChI=1S/C15H17NO/c1-15(2,3)12-6-4-11(5-7-12)14-9-8-13(10-17)16-14/h4-10,16H,1-3H3. The van der Waals surface area contributed by atoms with Crippen molar-refractivity contribution >= 4 is 6.29 Å². The van der Waals surface area contributed by atoms with Crippen molar-refractivity contribution < 1.29 is 4.79 Å². The highest BCUT2D eigenvalue weighted by molar-refractivity contribution is 5.75. The van der Waals surface area contributed by atoms with Crippen molar-refractivity contribution in [2.45, 2.75) is 26.2 Å². The molecule has 1 N–H and O–H groups in total. The van der Waals surface area contributed by atoms with E-state index in [0.717, 1.165) is 17.5 Å². The Morgan fingerprint density at radius 1 is 1.00 bits per heavy atom. The molecular weight excluding hydrogens is 210 g/mol. The third-order valence-electron chi connectivity index (χ3n) is 2.90. The number of aromatic amines is 1. The second-order valence-corrected chi connectivity index (χ2v) is 5.27. The Hall–Kier alpha value is -1.83. The van der Waals surface area contributed by atoms with Crippen LogP contribution >= 0.6 is 0 Å². The quantitative estimate of drug-likeness (QED) is 0.778. The van der Waals surface area contributed by atoms with E-state index in [4.69, 9.17) is 0 Å². The molecule has 0 aliphatic rings. The maximum absolute atomic E-state index is 10.6. The lowest BCUT2D eigenvalue weighted by Crippen LogP contribution is -2.10. The molecule has 0 bridgehead atoms. The van der Waals surface area contributed by atoms with Gasteiger partial charge in [-0.25, -0.2) is 0 Å². The molecule has 0 unspecified atom stereocenters. The fraction of sp³-hybridized carbons (Fsp3) is 0.267. The van der Waals surface area contributed by atoms with Gasteiger partial charge in [0.05, 0.1) is 5.69 Å². The SMILES string of the molecule is CC(C)(C)c1ccc(-c2ccc(C=O)[nH]2)cc1. The molecule has 0 atom stereocenters. The average Bonchev–Trinajstić information content (AvgIpc) is 2.76. The van der Waals surface area contributed by atoms with Crippen LogP contribution in [0.3, 0.4) is 0 Å². The van der Waals surface area contributed by atoms with E-state index in [-0.39, 0.29) is 5.41 Å². The van der Waals surface area contributed by atoms with E-state index >= 15 is 0 Å². The Morgan fingerprint density at radius 3 is 2.12 bits per heavy atom. The molecule has 0 spiro atoms. The van der Waals surface area contributed by atoms with Crippen LogP contribution in [0.4, 0.5) is 0 Å². The number of H-pyrrole nitrogens is 1. The zero-order valence-corrected chi connectivity index (χ0v) is 10.4. The maximum atomic E-state index is 10.6. The minimum atomic E-state index is 0.169. The highest BCUT2D eigenvalue weighted by Crippen LogP contribution is 2.25. The number of rotatable bonds is 2. The molecule has 0 saturated heterocycles. The summed E-state index contributed by atoms with van der Waals surface area (Å²) in [4.78, 5) is 13.7. The van der Waals surface area contributed by atoms with Gasteiger partial charge in [-0.2, -0.15) is 0 Å². The van der Waals surface area contributed by atoms with E-state index in [9.17, 15) is 4.79 Å². The molecule has 1 aromatic heterocycles. The smallest absolute Gasteiger partial charge is 0.166 e. The molecule has 2 aromatic rings. The first-order valence-electron chi connectivity index (χ1n) is 5.76. The van der Waals surface area contributed by atoms with E-state index in [1.165, 1.54) is 5.56 Å². The number of benzene rings is 1. The van der Waals surface area contributed by atoms with Crippen LogP contribution in [0.2, 0.25) is 0 Å². The minimum Gasteiger partial charge on any atom is -0.352 e. The van der Waals surface area contributed by atoms with E-state index in [0.29, 0.717) is 5.69 Å². The van der Waals surface area contributed by atoms with Crippen LogP contribution in [0.5, 0.6) is 0 Å². The van der Waals surface area contributed by atoms with Gasteiger partial charge in [0.15, 0.2) is 6.29 Å². The largest absolute Gasteiger partial charge is 0.352 e. The Morgan fingerprint density at radius 2 is 1.65 bits per heavy atom. The lowest BCUT2D eigenvalue weighted by Gasteiger charge is -2.19. The van der Waals surface area contributed by atoms with Crippen molar-refractivity contribution in [2.24, 2.45) is 0 Å². The first-order valence-corrected chi connectivity index (χ1v) is 5.76. The third kappa shape index (κ3) is 2.47. The molecule has 1 heterocycles. The highest BCUT2D eigenvalue weighted by atomic mass is 16.1. The van der Waals surface area contributed by atoms with Crippen LogP contribution in [0.1, 0.15) is 36.8 Å². The summed E-state index contributed by atoms with van der Waals surface area (Å²) in [6.45, 7) is 6.59. The van der Waals surface area contributed by atoms with Gasteiger partial charge in [-0.05, 0) is 28.7 Å². The molecule has 0 aliphatic carbocycles. The Balaban J connectivity index is 2.32. The summed E-state index contributed by atoms with van der Waals surface area (Å²) in [5, 5.41) is 0. The monoisotopic (exact) mass is 227 g/mol. The molecule has 0 radical (unpaired) electrons. The second-order valence-electron chi connectivity index (χ2n) is 5.27.